The van der Waals surface area contributed by atoms with Crippen LogP contribution in [0.15, 0.2) is 18.2 Å². The molecule has 0 fully saturated rings. The number of carbonyl (C=O) groups is 2. The highest BCUT2D eigenvalue weighted by atomic mass is 35.5. The number of rotatable bonds is 6. The summed E-state index contributed by atoms with van der Waals surface area (Å²) in [7, 11) is 0. The highest BCUT2D eigenvalue weighted by Gasteiger charge is 2.20. The SMILES string of the molecule is CCOc1cc(Cl)ccc1C(=O)N(CC)CC(=O)O. The van der Waals surface area contributed by atoms with Crippen molar-refractivity contribution in [2.75, 3.05) is 19.7 Å². The lowest BCUT2D eigenvalue weighted by atomic mass is 10.1. The minimum Gasteiger partial charge on any atom is -0.493 e. The Kier molecular flexibility index (Phi) is 5.63. The normalized spacial score (nSPS) is 10.1. The maximum atomic E-state index is 12.3. The van der Waals surface area contributed by atoms with Crippen molar-refractivity contribution in [1.29, 1.82) is 0 Å². The number of carboxylic acids is 1. The largest absolute Gasteiger partial charge is 0.493 e. The van der Waals surface area contributed by atoms with Crippen LogP contribution in [0, 0.1) is 0 Å². The molecule has 0 unspecified atom stereocenters. The van der Waals surface area contributed by atoms with Gasteiger partial charge in [-0.25, -0.2) is 0 Å². The van der Waals surface area contributed by atoms with Gasteiger partial charge in [-0.2, -0.15) is 0 Å². The van der Waals surface area contributed by atoms with Crippen molar-refractivity contribution in [1.82, 2.24) is 4.90 Å². The molecule has 0 spiro atoms. The molecule has 1 aromatic carbocycles. The molecule has 19 heavy (non-hydrogen) atoms. The summed E-state index contributed by atoms with van der Waals surface area (Å²) >= 11 is 5.86. The molecule has 0 aliphatic carbocycles. The summed E-state index contributed by atoms with van der Waals surface area (Å²) in [5.74, 6) is -1.07. The second-order valence-corrected chi connectivity index (χ2v) is 4.22. The maximum absolute atomic E-state index is 12.3. The van der Waals surface area contributed by atoms with Crippen LogP contribution in [0.1, 0.15) is 24.2 Å². The molecule has 0 atom stereocenters. The third-order valence-electron chi connectivity index (χ3n) is 2.47. The molecule has 5 nitrogen and oxygen atoms in total. The lowest BCUT2D eigenvalue weighted by molar-refractivity contribution is -0.137. The van der Waals surface area contributed by atoms with Gasteiger partial charge in [0, 0.05) is 11.6 Å². The number of likely N-dealkylation sites (N-methyl/N-ethyl adjacent to an activating group) is 1. The Bertz CT molecular complexity index is 476. The quantitative estimate of drug-likeness (QED) is 0.871. The lowest BCUT2D eigenvalue weighted by Crippen LogP contribution is -2.35. The predicted molar refractivity (Wildman–Crippen MR) is 71.8 cm³/mol. The summed E-state index contributed by atoms with van der Waals surface area (Å²) in [5, 5.41) is 9.24. The van der Waals surface area contributed by atoms with Gasteiger partial charge in [-0.3, -0.25) is 9.59 Å². The molecule has 1 rings (SSSR count). The molecule has 0 radical (unpaired) electrons. The Labute approximate surface area is 116 Å². The van der Waals surface area contributed by atoms with E-state index in [2.05, 4.69) is 0 Å². The zero-order valence-corrected chi connectivity index (χ0v) is 11.6. The Balaban J connectivity index is 3.06. The number of hydrogen-bond acceptors (Lipinski definition) is 3. The van der Waals surface area contributed by atoms with E-state index in [-0.39, 0.29) is 12.5 Å². The van der Waals surface area contributed by atoms with Gasteiger partial charge >= 0.3 is 5.97 Å². The number of halogens is 1. The molecule has 0 aliphatic heterocycles. The van der Waals surface area contributed by atoms with Gasteiger partial charge in [0.25, 0.3) is 5.91 Å². The van der Waals surface area contributed by atoms with E-state index in [0.717, 1.165) is 0 Å². The fourth-order valence-corrected chi connectivity index (χ4v) is 1.77. The van der Waals surface area contributed by atoms with Gasteiger partial charge in [-0.15, -0.1) is 0 Å². The van der Waals surface area contributed by atoms with Crippen molar-refractivity contribution in [2.24, 2.45) is 0 Å². The van der Waals surface area contributed by atoms with Crippen molar-refractivity contribution in [3.8, 4) is 5.75 Å². The third-order valence-corrected chi connectivity index (χ3v) is 2.70. The van der Waals surface area contributed by atoms with Crippen LogP contribution < -0.4 is 4.74 Å². The molecule has 0 bridgehead atoms. The van der Waals surface area contributed by atoms with Crippen LogP contribution in [-0.4, -0.2) is 41.6 Å². The first-order valence-corrected chi connectivity index (χ1v) is 6.30. The molecule has 1 aromatic rings. The van der Waals surface area contributed by atoms with Crippen LogP contribution in [0.2, 0.25) is 5.02 Å². The second-order valence-electron chi connectivity index (χ2n) is 3.79. The van der Waals surface area contributed by atoms with Crippen LogP contribution in [-0.2, 0) is 4.79 Å². The topological polar surface area (TPSA) is 66.8 Å². The van der Waals surface area contributed by atoms with Crippen LogP contribution >= 0.6 is 11.6 Å². The number of carbonyl (C=O) groups excluding carboxylic acids is 1. The van der Waals surface area contributed by atoms with Crippen molar-refractivity contribution >= 4 is 23.5 Å². The molecular formula is C13H16ClNO4. The molecule has 104 valence electrons. The van der Waals surface area contributed by atoms with E-state index < -0.39 is 5.97 Å². The second kappa shape index (κ2) is 6.99. The molecule has 0 saturated heterocycles. The number of hydrogen-bond donors (Lipinski definition) is 1. The molecule has 1 N–H and O–H groups in total. The zero-order chi connectivity index (χ0) is 14.4. The Morgan fingerprint density at radius 1 is 1.37 bits per heavy atom. The van der Waals surface area contributed by atoms with Crippen LogP contribution in [0.5, 0.6) is 5.75 Å². The minimum atomic E-state index is -1.05. The zero-order valence-electron chi connectivity index (χ0n) is 10.9. The molecule has 6 heteroatoms. The van der Waals surface area contributed by atoms with Crippen molar-refractivity contribution < 1.29 is 19.4 Å². The lowest BCUT2D eigenvalue weighted by Gasteiger charge is -2.20. The van der Waals surface area contributed by atoms with Crippen molar-refractivity contribution in [2.45, 2.75) is 13.8 Å². The number of ether oxygens (including phenoxy) is 1. The van der Waals surface area contributed by atoms with E-state index in [1.807, 2.05) is 0 Å². The van der Waals surface area contributed by atoms with Gasteiger partial charge < -0.3 is 14.7 Å². The number of aliphatic carboxylic acids is 1. The van der Waals surface area contributed by atoms with E-state index >= 15 is 0 Å². The van der Waals surface area contributed by atoms with E-state index in [1.54, 1.807) is 32.0 Å². The molecule has 0 aliphatic rings. The number of carboxylic acid groups (broad SMARTS) is 1. The van der Waals surface area contributed by atoms with Crippen LogP contribution in [0.25, 0.3) is 0 Å². The summed E-state index contributed by atoms with van der Waals surface area (Å²) in [6, 6.07) is 4.67. The summed E-state index contributed by atoms with van der Waals surface area (Å²) < 4.78 is 5.36. The van der Waals surface area contributed by atoms with Gasteiger partial charge in [-0.1, -0.05) is 11.6 Å². The predicted octanol–water partition coefficient (Wildman–Crippen LogP) is 2.29. The van der Waals surface area contributed by atoms with E-state index in [1.165, 1.54) is 4.90 Å². The van der Waals surface area contributed by atoms with Crippen LogP contribution in [0.4, 0.5) is 0 Å². The standard InChI is InChI=1S/C13H16ClNO4/c1-3-15(8-12(16)17)13(18)10-6-5-9(14)7-11(10)19-4-2/h5-7H,3-4,8H2,1-2H3,(H,16,17). The fourth-order valence-electron chi connectivity index (χ4n) is 1.61. The van der Waals surface area contributed by atoms with Gasteiger partial charge in [0.05, 0.1) is 12.2 Å². The van der Waals surface area contributed by atoms with Gasteiger partial charge in [0.1, 0.15) is 12.3 Å². The first kappa shape index (κ1) is 15.3. The number of nitrogens with zero attached hydrogens (tertiary/aromatic N) is 1. The monoisotopic (exact) mass is 285 g/mol. The minimum absolute atomic E-state index is 0.305. The first-order chi connectivity index (χ1) is 8.99. The number of benzene rings is 1. The molecule has 1 amide bonds. The summed E-state index contributed by atoms with van der Waals surface area (Å²) in [4.78, 5) is 24.2. The highest BCUT2D eigenvalue weighted by Crippen LogP contribution is 2.24. The van der Waals surface area contributed by atoms with E-state index in [4.69, 9.17) is 21.4 Å². The summed E-state index contributed by atoms with van der Waals surface area (Å²) in [6.07, 6.45) is 0. The first-order valence-electron chi connectivity index (χ1n) is 5.93. The van der Waals surface area contributed by atoms with Crippen molar-refractivity contribution in [3.05, 3.63) is 28.8 Å². The van der Waals surface area contributed by atoms with Gasteiger partial charge in [-0.05, 0) is 32.0 Å². The molecule has 0 heterocycles. The Morgan fingerprint density at radius 3 is 2.58 bits per heavy atom. The molecular weight excluding hydrogens is 270 g/mol. The van der Waals surface area contributed by atoms with Crippen molar-refractivity contribution in [3.63, 3.8) is 0 Å². The fraction of sp³-hybridized carbons (Fsp3) is 0.385. The maximum Gasteiger partial charge on any atom is 0.323 e. The molecule has 0 saturated carbocycles. The summed E-state index contributed by atoms with van der Waals surface area (Å²) in [6.45, 7) is 3.87. The molecule has 0 aromatic heterocycles. The van der Waals surface area contributed by atoms with E-state index in [9.17, 15) is 9.59 Å². The Hall–Kier alpha value is -1.75. The summed E-state index contributed by atoms with van der Waals surface area (Å²) in [5.41, 5.74) is 0.314. The third kappa shape index (κ3) is 4.13. The van der Waals surface area contributed by atoms with Crippen LogP contribution in [0.3, 0.4) is 0 Å². The van der Waals surface area contributed by atoms with E-state index in [0.29, 0.717) is 29.5 Å². The Morgan fingerprint density at radius 2 is 2.05 bits per heavy atom. The van der Waals surface area contributed by atoms with Gasteiger partial charge in [0.2, 0.25) is 0 Å². The highest BCUT2D eigenvalue weighted by molar-refractivity contribution is 6.30. The smallest absolute Gasteiger partial charge is 0.323 e. The van der Waals surface area contributed by atoms with Gasteiger partial charge in [0.15, 0.2) is 0 Å². The number of amides is 1. The average molecular weight is 286 g/mol. The average Bonchev–Trinajstić information content (AvgIpc) is 2.35.